The molecule has 1 aliphatic heterocycles. The van der Waals surface area contributed by atoms with Gasteiger partial charge >= 0.3 is 0 Å². The molecule has 0 saturated carbocycles. The Morgan fingerprint density at radius 1 is 1.50 bits per heavy atom. The van der Waals surface area contributed by atoms with Gasteiger partial charge in [0.15, 0.2) is 5.43 Å². The van der Waals surface area contributed by atoms with Gasteiger partial charge in [0.2, 0.25) is 0 Å². The minimum absolute atomic E-state index is 0.160. The smallest absolute Gasteiger partial charge is 0.259 e. The highest BCUT2D eigenvalue weighted by molar-refractivity contribution is 5.93. The lowest BCUT2D eigenvalue weighted by atomic mass is 10.0. The molecule has 1 aliphatic rings. The fourth-order valence-corrected chi connectivity index (χ4v) is 2.33. The first-order chi connectivity index (χ1) is 8.72. The van der Waals surface area contributed by atoms with E-state index in [9.17, 15) is 9.59 Å². The molecule has 0 aliphatic carbocycles. The van der Waals surface area contributed by atoms with Gasteiger partial charge in [-0.05, 0) is 19.4 Å². The zero-order valence-electron chi connectivity index (χ0n) is 10.6. The van der Waals surface area contributed by atoms with E-state index in [1.165, 1.54) is 18.5 Å². The van der Waals surface area contributed by atoms with Crippen LogP contribution < -0.4 is 10.7 Å². The molecule has 1 amide bonds. The summed E-state index contributed by atoms with van der Waals surface area (Å²) in [5.74, 6) is -0.160. The van der Waals surface area contributed by atoms with Crippen molar-refractivity contribution >= 4 is 5.91 Å². The monoisotopic (exact) mass is 249 g/mol. The van der Waals surface area contributed by atoms with Gasteiger partial charge in [-0.1, -0.05) is 6.92 Å². The number of rotatable bonds is 3. The average Bonchev–Trinajstić information content (AvgIpc) is 2.40. The highest BCUT2D eigenvalue weighted by Gasteiger charge is 2.24. The SMILES string of the molecule is CCNC1CCN(C(=O)c2c[nH]ccc2=O)CC1. The van der Waals surface area contributed by atoms with Crippen molar-refractivity contribution in [1.29, 1.82) is 0 Å². The first kappa shape index (κ1) is 12.8. The van der Waals surface area contributed by atoms with E-state index in [2.05, 4.69) is 17.2 Å². The molecule has 0 spiro atoms. The molecular weight excluding hydrogens is 230 g/mol. The van der Waals surface area contributed by atoms with Gasteiger partial charge in [-0.25, -0.2) is 0 Å². The molecule has 0 unspecified atom stereocenters. The number of likely N-dealkylation sites (tertiary alicyclic amines) is 1. The summed E-state index contributed by atoms with van der Waals surface area (Å²) in [6.45, 7) is 4.47. The van der Waals surface area contributed by atoms with E-state index >= 15 is 0 Å². The zero-order chi connectivity index (χ0) is 13.0. The van der Waals surface area contributed by atoms with Crippen LogP contribution in [0.3, 0.4) is 0 Å². The number of aromatic nitrogens is 1. The molecule has 1 aromatic rings. The van der Waals surface area contributed by atoms with Crippen LogP contribution in [0.2, 0.25) is 0 Å². The van der Waals surface area contributed by atoms with E-state index < -0.39 is 0 Å². The Hall–Kier alpha value is -1.62. The quantitative estimate of drug-likeness (QED) is 0.824. The molecule has 5 heteroatoms. The van der Waals surface area contributed by atoms with Gasteiger partial charge in [0.25, 0.3) is 5.91 Å². The number of H-pyrrole nitrogens is 1. The number of nitrogens with one attached hydrogen (secondary N) is 2. The molecule has 1 saturated heterocycles. The van der Waals surface area contributed by atoms with Crippen LogP contribution in [0.1, 0.15) is 30.1 Å². The molecule has 1 aromatic heterocycles. The Bertz CT molecular complexity index is 461. The Balaban J connectivity index is 2.00. The van der Waals surface area contributed by atoms with Gasteiger partial charge in [-0.3, -0.25) is 9.59 Å². The van der Waals surface area contributed by atoms with Crippen LogP contribution in [-0.4, -0.2) is 41.5 Å². The summed E-state index contributed by atoms with van der Waals surface area (Å²) in [4.78, 5) is 28.3. The second-order valence-corrected chi connectivity index (χ2v) is 4.55. The number of pyridine rings is 1. The standard InChI is InChI=1S/C13H19N3O2/c1-2-15-10-4-7-16(8-5-10)13(18)11-9-14-6-3-12(11)17/h3,6,9-10,15H,2,4-5,7-8H2,1H3,(H,14,17). The van der Waals surface area contributed by atoms with E-state index in [-0.39, 0.29) is 16.9 Å². The molecule has 0 aromatic carbocycles. The molecule has 5 nitrogen and oxygen atoms in total. The van der Waals surface area contributed by atoms with Gasteiger partial charge in [0.05, 0.1) is 0 Å². The maximum atomic E-state index is 12.2. The molecular formula is C13H19N3O2. The first-order valence-electron chi connectivity index (χ1n) is 6.42. The highest BCUT2D eigenvalue weighted by atomic mass is 16.2. The third-order valence-electron chi connectivity index (χ3n) is 3.33. The molecule has 0 radical (unpaired) electrons. The van der Waals surface area contributed by atoms with Crippen molar-refractivity contribution in [3.63, 3.8) is 0 Å². The van der Waals surface area contributed by atoms with Crippen molar-refractivity contribution in [1.82, 2.24) is 15.2 Å². The summed E-state index contributed by atoms with van der Waals surface area (Å²) < 4.78 is 0. The van der Waals surface area contributed by atoms with Crippen LogP contribution in [0.5, 0.6) is 0 Å². The number of nitrogens with zero attached hydrogens (tertiary/aromatic N) is 1. The van der Waals surface area contributed by atoms with Gasteiger partial charge in [-0.15, -0.1) is 0 Å². The third-order valence-corrected chi connectivity index (χ3v) is 3.33. The summed E-state index contributed by atoms with van der Waals surface area (Å²) in [6.07, 6.45) is 4.92. The number of piperidine rings is 1. The van der Waals surface area contributed by atoms with Gasteiger partial charge in [0.1, 0.15) is 5.56 Å². The molecule has 2 heterocycles. The van der Waals surface area contributed by atoms with E-state index in [4.69, 9.17) is 0 Å². The molecule has 0 atom stereocenters. The molecule has 2 N–H and O–H groups in total. The van der Waals surface area contributed by atoms with Crippen molar-refractivity contribution in [3.8, 4) is 0 Å². The Labute approximate surface area is 106 Å². The van der Waals surface area contributed by atoms with E-state index in [1.54, 1.807) is 4.90 Å². The third kappa shape index (κ3) is 2.79. The maximum Gasteiger partial charge on any atom is 0.259 e. The number of carbonyl (C=O) groups is 1. The lowest BCUT2D eigenvalue weighted by Crippen LogP contribution is -2.45. The number of aromatic amines is 1. The largest absolute Gasteiger partial charge is 0.367 e. The lowest BCUT2D eigenvalue weighted by Gasteiger charge is -2.32. The van der Waals surface area contributed by atoms with Gasteiger partial charge in [-0.2, -0.15) is 0 Å². The van der Waals surface area contributed by atoms with Crippen molar-refractivity contribution in [2.75, 3.05) is 19.6 Å². The predicted molar refractivity (Wildman–Crippen MR) is 69.7 cm³/mol. The van der Waals surface area contributed by atoms with Crippen LogP contribution in [0, 0.1) is 0 Å². The average molecular weight is 249 g/mol. The highest BCUT2D eigenvalue weighted by Crippen LogP contribution is 2.12. The molecule has 2 rings (SSSR count). The van der Waals surface area contributed by atoms with E-state index in [1.807, 2.05) is 0 Å². The summed E-state index contributed by atoms with van der Waals surface area (Å²) in [5, 5.41) is 3.39. The molecule has 98 valence electrons. The normalized spacial score (nSPS) is 16.8. The fraction of sp³-hybridized carbons (Fsp3) is 0.538. The number of amides is 1. The molecule has 1 fully saturated rings. The number of carbonyl (C=O) groups excluding carboxylic acids is 1. The van der Waals surface area contributed by atoms with Crippen LogP contribution in [0.4, 0.5) is 0 Å². The summed E-state index contributed by atoms with van der Waals surface area (Å²) in [5.41, 5.74) is 0.0203. The predicted octanol–water partition coefficient (Wildman–Crippen LogP) is 0.589. The molecule has 18 heavy (non-hydrogen) atoms. The maximum absolute atomic E-state index is 12.2. The van der Waals surface area contributed by atoms with Crippen LogP contribution in [0.15, 0.2) is 23.3 Å². The van der Waals surface area contributed by atoms with Crippen molar-refractivity contribution < 1.29 is 4.79 Å². The Morgan fingerprint density at radius 3 is 2.83 bits per heavy atom. The topological polar surface area (TPSA) is 65.2 Å². The first-order valence-corrected chi connectivity index (χ1v) is 6.42. The minimum Gasteiger partial charge on any atom is -0.367 e. The lowest BCUT2D eigenvalue weighted by molar-refractivity contribution is 0.0704. The fourth-order valence-electron chi connectivity index (χ4n) is 2.33. The minimum atomic E-state index is -0.215. The van der Waals surface area contributed by atoms with Gasteiger partial charge in [0, 0.05) is 37.6 Å². The second-order valence-electron chi connectivity index (χ2n) is 4.55. The van der Waals surface area contributed by atoms with E-state index in [0.29, 0.717) is 19.1 Å². The second kappa shape index (κ2) is 5.82. The number of hydrogen-bond donors (Lipinski definition) is 2. The summed E-state index contributed by atoms with van der Waals surface area (Å²) in [6, 6.07) is 1.88. The Kier molecular flexibility index (Phi) is 4.15. The summed E-state index contributed by atoms with van der Waals surface area (Å²) in [7, 11) is 0. The molecule has 0 bridgehead atoms. The Morgan fingerprint density at radius 2 is 2.22 bits per heavy atom. The van der Waals surface area contributed by atoms with E-state index in [0.717, 1.165) is 19.4 Å². The van der Waals surface area contributed by atoms with Gasteiger partial charge < -0.3 is 15.2 Å². The summed E-state index contributed by atoms with van der Waals surface area (Å²) >= 11 is 0. The van der Waals surface area contributed by atoms with Crippen LogP contribution in [-0.2, 0) is 0 Å². The van der Waals surface area contributed by atoms with Crippen LogP contribution >= 0.6 is 0 Å². The zero-order valence-corrected chi connectivity index (χ0v) is 10.6. The van der Waals surface area contributed by atoms with Crippen molar-refractivity contribution in [2.24, 2.45) is 0 Å². The van der Waals surface area contributed by atoms with Crippen LogP contribution in [0.25, 0.3) is 0 Å². The van der Waals surface area contributed by atoms with Crippen molar-refractivity contribution in [2.45, 2.75) is 25.8 Å². The number of hydrogen-bond acceptors (Lipinski definition) is 3. The van der Waals surface area contributed by atoms with Crippen molar-refractivity contribution in [3.05, 3.63) is 34.2 Å².